The van der Waals surface area contributed by atoms with Gasteiger partial charge in [0.1, 0.15) is 18.1 Å². The van der Waals surface area contributed by atoms with Gasteiger partial charge in [0.05, 0.1) is 0 Å². The van der Waals surface area contributed by atoms with Crippen molar-refractivity contribution in [3.8, 4) is 11.5 Å². The first-order valence-corrected chi connectivity index (χ1v) is 9.93. The third-order valence-corrected chi connectivity index (χ3v) is 4.88. The maximum Gasteiger partial charge on any atom is 0.573 e. The summed E-state index contributed by atoms with van der Waals surface area (Å²) in [6, 6.07) is 15.4. The van der Waals surface area contributed by atoms with Crippen molar-refractivity contribution in [1.82, 2.24) is 10.2 Å². The van der Waals surface area contributed by atoms with Gasteiger partial charge < -0.3 is 19.7 Å². The number of rotatable bonds is 10. The first-order valence-electron chi connectivity index (χ1n) is 9.93. The van der Waals surface area contributed by atoms with Gasteiger partial charge in [0.25, 0.3) is 0 Å². The molecule has 0 radical (unpaired) electrons. The monoisotopic (exact) mass is 422 g/mol. The van der Waals surface area contributed by atoms with Crippen LogP contribution in [0.4, 0.5) is 13.2 Å². The Balaban J connectivity index is 1.43. The second-order valence-electron chi connectivity index (χ2n) is 7.11. The molecule has 0 aliphatic carbocycles. The van der Waals surface area contributed by atoms with Crippen LogP contribution in [0.1, 0.15) is 24.8 Å². The molecule has 1 aliphatic rings. The van der Waals surface area contributed by atoms with Gasteiger partial charge in [-0.25, -0.2) is 0 Å². The van der Waals surface area contributed by atoms with Crippen LogP contribution in [0.3, 0.4) is 0 Å². The molecule has 0 aromatic heterocycles. The van der Waals surface area contributed by atoms with Gasteiger partial charge in [-0.3, -0.25) is 4.79 Å². The predicted octanol–water partition coefficient (Wildman–Crippen LogP) is 4.13. The number of para-hydroxylation sites is 1. The van der Waals surface area contributed by atoms with Crippen molar-refractivity contribution in [2.45, 2.75) is 38.2 Å². The fraction of sp³-hybridized carbons (Fsp3) is 0.409. The van der Waals surface area contributed by atoms with Crippen LogP contribution in [0.15, 0.2) is 54.6 Å². The Labute approximate surface area is 173 Å². The molecule has 1 amide bonds. The van der Waals surface area contributed by atoms with Crippen LogP contribution in [0, 0.1) is 0 Å². The number of hydrogen-bond acceptors (Lipinski definition) is 4. The van der Waals surface area contributed by atoms with Crippen LogP contribution >= 0.6 is 0 Å². The summed E-state index contributed by atoms with van der Waals surface area (Å²) in [6.07, 6.45) is -2.75. The third-order valence-electron chi connectivity index (χ3n) is 4.88. The Morgan fingerprint density at radius 3 is 2.57 bits per heavy atom. The fourth-order valence-electron chi connectivity index (χ4n) is 3.50. The highest BCUT2D eigenvalue weighted by Gasteiger charge is 2.32. The van der Waals surface area contributed by atoms with E-state index in [1.165, 1.54) is 18.2 Å². The quantitative estimate of drug-likeness (QED) is 0.585. The first-order chi connectivity index (χ1) is 14.4. The summed E-state index contributed by atoms with van der Waals surface area (Å²) in [7, 11) is 0. The van der Waals surface area contributed by atoms with Crippen LogP contribution in [-0.2, 0) is 11.3 Å². The summed E-state index contributed by atoms with van der Waals surface area (Å²) in [5.74, 6) is 0.571. The maximum absolute atomic E-state index is 12.4. The number of amides is 1. The Hall–Kier alpha value is -2.74. The van der Waals surface area contributed by atoms with Gasteiger partial charge in [0.15, 0.2) is 0 Å². The molecule has 1 N–H and O–H groups in total. The number of carbonyl (C=O) groups excluding carboxylic acids is 1. The zero-order valence-corrected chi connectivity index (χ0v) is 16.5. The molecule has 0 saturated carbocycles. The molecule has 3 rings (SSSR count). The van der Waals surface area contributed by atoms with E-state index in [2.05, 4.69) is 10.1 Å². The van der Waals surface area contributed by atoms with E-state index in [4.69, 9.17) is 4.74 Å². The van der Waals surface area contributed by atoms with Crippen molar-refractivity contribution in [3.63, 3.8) is 0 Å². The molecule has 0 unspecified atom stereocenters. The highest BCUT2D eigenvalue weighted by molar-refractivity contribution is 5.78. The second-order valence-corrected chi connectivity index (χ2v) is 7.11. The van der Waals surface area contributed by atoms with Crippen LogP contribution in [0.25, 0.3) is 0 Å². The molecule has 162 valence electrons. The Morgan fingerprint density at radius 2 is 1.80 bits per heavy atom. The SMILES string of the molecule is O=C1CC[C@H](CCNCCOc2ccccc2)N1Cc1cccc(OC(F)(F)F)c1. The van der Waals surface area contributed by atoms with Crippen molar-refractivity contribution in [3.05, 3.63) is 60.2 Å². The van der Waals surface area contributed by atoms with Crippen molar-refractivity contribution >= 4 is 5.91 Å². The Bertz CT molecular complexity index is 815. The van der Waals surface area contributed by atoms with Crippen molar-refractivity contribution in [2.75, 3.05) is 19.7 Å². The predicted molar refractivity (Wildman–Crippen MR) is 106 cm³/mol. The van der Waals surface area contributed by atoms with Gasteiger partial charge in [0, 0.05) is 25.6 Å². The number of halogens is 3. The zero-order chi connectivity index (χ0) is 21.4. The van der Waals surface area contributed by atoms with E-state index >= 15 is 0 Å². The van der Waals surface area contributed by atoms with E-state index in [0.29, 0.717) is 25.1 Å². The molecule has 30 heavy (non-hydrogen) atoms. The van der Waals surface area contributed by atoms with Crippen LogP contribution in [-0.4, -0.2) is 42.9 Å². The average molecular weight is 422 g/mol. The molecule has 1 heterocycles. The number of benzene rings is 2. The summed E-state index contributed by atoms with van der Waals surface area (Å²) in [5.41, 5.74) is 0.612. The molecule has 1 fully saturated rings. The van der Waals surface area contributed by atoms with Gasteiger partial charge in [-0.1, -0.05) is 30.3 Å². The van der Waals surface area contributed by atoms with Crippen LogP contribution < -0.4 is 14.8 Å². The fourth-order valence-corrected chi connectivity index (χ4v) is 3.50. The van der Waals surface area contributed by atoms with Gasteiger partial charge in [0.2, 0.25) is 5.91 Å². The minimum Gasteiger partial charge on any atom is -0.492 e. The second kappa shape index (κ2) is 10.3. The van der Waals surface area contributed by atoms with Gasteiger partial charge in [-0.2, -0.15) is 0 Å². The molecule has 8 heteroatoms. The standard InChI is InChI=1S/C22H25F3N2O3/c23-22(24,25)30-20-8-4-5-17(15-20)16-27-18(9-10-21(27)28)11-12-26-13-14-29-19-6-2-1-3-7-19/h1-8,15,18,26H,9-14,16H2/t18-/m1/s1. The minimum absolute atomic E-state index is 0.0227. The molecule has 1 atom stereocenters. The number of hydrogen-bond donors (Lipinski definition) is 1. The number of carbonyl (C=O) groups is 1. The first kappa shape index (κ1) is 22.0. The largest absolute Gasteiger partial charge is 0.573 e. The van der Waals surface area contributed by atoms with Crippen LogP contribution in [0.2, 0.25) is 0 Å². The molecule has 2 aromatic carbocycles. The van der Waals surface area contributed by atoms with Crippen molar-refractivity contribution in [1.29, 1.82) is 0 Å². The van der Waals surface area contributed by atoms with Crippen molar-refractivity contribution in [2.24, 2.45) is 0 Å². The number of ether oxygens (including phenoxy) is 2. The highest BCUT2D eigenvalue weighted by Crippen LogP contribution is 2.27. The van der Waals surface area contributed by atoms with Crippen molar-refractivity contribution < 1.29 is 27.4 Å². The van der Waals surface area contributed by atoms with Gasteiger partial charge >= 0.3 is 6.36 Å². The molecule has 1 aliphatic heterocycles. The Kier molecular flexibility index (Phi) is 7.57. The lowest BCUT2D eigenvalue weighted by atomic mass is 10.1. The zero-order valence-electron chi connectivity index (χ0n) is 16.5. The molecule has 5 nitrogen and oxygen atoms in total. The summed E-state index contributed by atoms with van der Waals surface area (Å²) in [6.45, 7) is 2.23. The lowest BCUT2D eigenvalue weighted by Crippen LogP contribution is -2.35. The van der Waals surface area contributed by atoms with E-state index in [0.717, 1.165) is 25.1 Å². The minimum atomic E-state index is -4.74. The summed E-state index contributed by atoms with van der Waals surface area (Å²) < 4.78 is 46.9. The van der Waals surface area contributed by atoms with Gasteiger partial charge in [-0.15, -0.1) is 13.2 Å². The third kappa shape index (κ3) is 6.95. The number of likely N-dealkylation sites (tertiary alicyclic amines) is 1. The molecule has 2 aromatic rings. The lowest BCUT2D eigenvalue weighted by molar-refractivity contribution is -0.274. The molecule has 0 spiro atoms. The molecule has 0 bridgehead atoms. The lowest BCUT2D eigenvalue weighted by Gasteiger charge is -2.25. The smallest absolute Gasteiger partial charge is 0.492 e. The topological polar surface area (TPSA) is 50.8 Å². The number of nitrogens with one attached hydrogen (secondary N) is 1. The average Bonchev–Trinajstić information content (AvgIpc) is 3.04. The van der Waals surface area contributed by atoms with Crippen LogP contribution in [0.5, 0.6) is 11.5 Å². The van der Waals surface area contributed by atoms with Gasteiger partial charge in [-0.05, 0) is 49.2 Å². The maximum atomic E-state index is 12.4. The number of nitrogens with zero attached hydrogens (tertiary/aromatic N) is 1. The molecular formula is C22H25F3N2O3. The summed E-state index contributed by atoms with van der Waals surface area (Å²) in [5, 5.41) is 3.31. The number of alkyl halides is 3. The van der Waals surface area contributed by atoms with E-state index in [1.54, 1.807) is 11.0 Å². The highest BCUT2D eigenvalue weighted by atomic mass is 19.4. The summed E-state index contributed by atoms with van der Waals surface area (Å²) in [4.78, 5) is 14.0. The van der Waals surface area contributed by atoms with E-state index < -0.39 is 6.36 Å². The van der Waals surface area contributed by atoms with E-state index in [-0.39, 0.29) is 24.2 Å². The summed E-state index contributed by atoms with van der Waals surface area (Å²) >= 11 is 0. The van der Waals surface area contributed by atoms with E-state index in [1.807, 2.05) is 30.3 Å². The molecule has 1 saturated heterocycles. The Morgan fingerprint density at radius 1 is 1.03 bits per heavy atom. The van der Waals surface area contributed by atoms with E-state index in [9.17, 15) is 18.0 Å². The normalized spacial score (nSPS) is 16.7. The molecular weight excluding hydrogens is 397 g/mol.